The Labute approximate surface area is 106 Å². The van der Waals surface area contributed by atoms with Gasteiger partial charge >= 0.3 is 0 Å². The summed E-state index contributed by atoms with van der Waals surface area (Å²) in [4.78, 5) is 13.8. The molecule has 0 spiro atoms. The molecule has 1 aliphatic heterocycles. The van der Waals surface area contributed by atoms with E-state index in [1.54, 1.807) is 24.0 Å². The summed E-state index contributed by atoms with van der Waals surface area (Å²) in [5, 5.41) is 0. The van der Waals surface area contributed by atoms with E-state index in [0.717, 1.165) is 11.1 Å². The van der Waals surface area contributed by atoms with E-state index in [1.807, 2.05) is 0 Å². The molecular formula is C14H16FNO2. The lowest BCUT2D eigenvalue weighted by Gasteiger charge is -2.27. The highest BCUT2D eigenvalue weighted by molar-refractivity contribution is 5.95. The number of carbonyl (C=O) groups excluding carboxylic acids is 1. The Hall–Kier alpha value is -1.68. The molecule has 0 aromatic heterocycles. The Morgan fingerprint density at radius 3 is 2.72 bits per heavy atom. The van der Waals surface area contributed by atoms with Crippen LogP contribution in [0.1, 0.15) is 21.5 Å². The third kappa shape index (κ3) is 2.43. The summed E-state index contributed by atoms with van der Waals surface area (Å²) in [6, 6.07) is 2.94. The maximum atomic E-state index is 13.9. The molecule has 1 amide bonds. The Morgan fingerprint density at radius 1 is 1.44 bits per heavy atom. The van der Waals surface area contributed by atoms with Crippen LogP contribution in [0.25, 0.3) is 6.08 Å². The smallest absolute Gasteiger partial charge is 0.257 e. The van der Waals surface area contributed by atoms with Crippen molar-refractivity contribution in [2.24, 2.45) is 0 Å². The van der Waals surface area contributed by atoms with Crippen LogP contribution in [0, 0.1) is 12.7 Å². The Bertz CT molecular complexity index is 479. The molecule has 0 atom stereocenters. The van der Waals surface area contributed by atoms with Gasteiger partial charge in [0.15, 0.2) is 0 Å². The topological polar surface area (TPSA) is 29.5 Å². The van der Waals surface area contributed by atoms with Crippen molar-refractivity contribution in [2.75, 3.05) is 26.3 Å². The third-order valence-electron chi connectivity index (χ3n) is 3.10. The zero-order valence-corrected chi connectivity index (χ0v) is 10.4. The normalized spacial score (nSPS) is 15.6. The first kappa shape index (κ1) is 12.8. The number of carbonyl (C=O) groups is 1. The van der Waals surface area contributed by atoms with Crippen molar-refractivity contribution in [1.82, 2.24) is 4.90 Å². The molecule has 0 radical (unpaired) electrons. The fraction of sp³-hybridized carbons (Fsp3) is 0.357. The first-order chi connectivity index (χ1) is 8.63. The second kappa shape index (κ2) is 5.31. The van der Waals surface area contributed by atoms with Gasteiger partial charge in [0.25, 0.3) is 5.91 Å². The molecule has 1 fully saturated rings. The Balaban J connectivity index is 2.31. The molecule has 0 bridgehead atoms. The van der Waals surface area contributed by atoms with E-state index >= 15 is 0 Å². The van der Waals surface area contributed by atoms with Gasteiger partial charge in [-0.05, 0) is 30.2 Å². The molecule has 1 saturated heterocycles. The molecule has 1 aromatic rings. The highest BCUT2D eigenvalue weighted by atomic mass is 19.1. The monoisotopic (exact) mass is 249 g/mol. The van der Waals surface area contributed by atoms with Gasteiger partial charge in [0.1, 0.15) is 5.82 Å². The van der Waals surface area contributed by atoms with Gasteiger partial charge in [-0.25, -0.2) is 4.39 Å². The lowest BCUT2D eigenvalue weighted by Crippen LogP contribution is -2.41. The van der Waals surface area contributed by atoms with Crippen molar-refractivity contribution in [3.8, 4) is 0 Å². The molecule has 1 aromatic carbocycles. The second-order valence-corrected chi connectivity index (χ2v) is 4.30. The molecule has 0 unspecified atom stereocenters. The lowest BCUT2D eigenvalue weighted by atomic mass is 10.0. The number of amides is 1. The first-order valence-corrected chi connectivity index (χ1v) is 5.93. The van der Waals surface area contributed by atoms with Crippen molar-refractivity contribution >= 4 is 12.0 Å². The molecule has 0 saturated carbocycles. The molecule has 0 aliphatic carbocycles. The summed E-state index contributed by atoms with van der Waals surface area (Å²) in [6.45, 7) is 7.50. The largest absolute Gasteiger partial charge is 0.378 e. The number of morpholine rings is 1. The molecule has 18 heavy (non-hydrogen) atoms. The quantitative estimate of drug-likeness (QED) is 0.804. The van der Waals surface area contributed by atoms with Crippen molar-refractivity contribution < 1.29 is 13.9 Å². The van der Waals surface area contributed by atoms with Crippen LogP contribution in [-0.4, -0.2) is 37.1 Å². The van der Waals surface area contributed by atoms with E-state index in [1.165, 1.54) is 6.07 Å². The highest BCUT2D eigenvalue weighted by Gasteiger charge is 2.21. The number of rotatable bonds is 2. The van der Waals surface area contributed by atoms with Gasteiger partial charge in [0, 0.05) is 13.1 Å². The number of benzene rings is 1. The molecule has 0 N–H and O–H groups in total. The number of nitrogens with zero attached hydrogens (tertiary/aromatic N) is 1. The van der Waals surface area contributed by atoms with Crippen molar-refractivity contribution in [3.05, 3.63) is 41.2 Å². The van der Waals surface area contributed by atoms with Gasteiger partial charge in [-0.15, -0.1) is 0 Å². The van der Waals surface area contributed by atoms with Crippen LogP contribution < -0.4 is 0 Å². The standard InChI is InChI=1S/C14H16FNO2/c1-3-11-9-12(13(15)8-10(11)2)14(17)16-4-6-18-7-5-16/h3,8-9H,1,4-7H2,2H3. The number of halogens is 1. The minimum atomic E-state index is -0.477. The molecule has 2 rings (SSSR count). The summed E-state index contributed by atoms with van der Waals surface area (Å²) < 4.78 is 19.0. The maximum absolute atomic E-state index is 13.9. The maximum Gasteiger partial charge on any atom is 0.257 e. The average Bonchev–Trinajstić information content (AvgIpc) is 2.39. The third-order valence-corrected chi connectivity index (χ3v) is 3.10. The second-order valence-electron chi connectivity index (χ2n) is 4.30. The summed E-state index contributed by atoms with van der Waals surface area (Å²) in [5.74, 6) is -0.756. The van der Waals surface area contributed by atoms with E-state index < -0.39 is 5.82 Å². The summed E-state index contributed by atoms with van der Waals surface area (Å²) >= 11 is 0. The van der Waals surface area contributed by atoms with Gasteiger partial charge < -0.3 is 9.64 Å². The molecule has 1 heterocycles. The van der Waals surface area contributed by atoms with Crippen molar-refractivity contribution in [3.63, 3.8) is 0 Å². The fourth-order valence-corrected chi connectivity index (χ4v) is 2.01. The molecule has 3 nitrogen and oxygen atoms in total. The molecule has 4 heteroatoms. The minimum absolute atomic E-state index is 0.109. The van der Waals surface area contributed by atoms with Gasteiger partial charge in [0.05, 0.1) is 18.8 Å². The van der Waals surface area contributed by atoms with Crippen LogP contribution in [0.5, 0.6) is 0 Å². The molecule has 96 valence electrons. The van der Waals surface area contributed by atoms with Crippen LogP contribution >= 0.6 is 0 Å². The van der Waals surface area contributed by atoms with Crippen LogP contribution in [-0.2, 0) is 4.74 Å². The number of aryl methyl sites for hydroxylation is 1. The zero-order valence-electron chi connectivity index (χ0n) is 10.4. The predicted octanol–water partition coefficient (Wildman–Crippen LogP) is 2.25. The van der Waals surface area contributed by atoms with Gasteiger partial charge in [-0.2, -0.15) is 0 Å². The van der Waals surface area contributed by atoms with E-state index in [2.05, 4.69) is 6.58 Å². The van der Waals surface area contributed by atoms with E-state index in [-0.39, 0.29) is 11.5 Å². The van der Waals surface area contributed by atoms with Gasteiger partial charge in [-0.3, -0.25) is 4.79 Å². The molecule has 1 aliphatic rings. The van der Waals surface area contributed by atoms with E-state index in [0.29, 0.717) is 26.3 Å². The van der Waals surface area contributed by atoms with Crippen molar-refractivity contribution in [1.29, 1.82) is 0 Å². The van der Waals surface area contributed by atoms with Crippen molar-refractivity contribution in [2.45, 2.75) is 6.92 Å². The van der Waals surface area contributed by atoms with Gasteiger partial charge in [0.2, 0.25) is 0 Å². The van der Waals surface area contributed by atoms with Gasteiger partial charge in [-0.1, -0.05) is 12.7 Å². The molecular weight excluding hydrogens is 233 g/mol. The zero-order chi connectivity index (χ0) is 13.1. The van der Waals surface area contributed by atoms with E-state index in [9.17, 15) is 9.18 Å². The van der Waals surface area contributed by atoms with E-state index in [4.69, 9.17) is 4.74 Å². The lowest BCUT2D eigenvalue weighted by molar-refractivity contribution is 0.0300. The predicted molar refractivity (Wildman–Crippen MR) is 68.0 cm³/mol. The minimum Gasteiger partial charge on any atom is -0.378 e. The summed E-state index contributed by atoms with van der Waals surface area (Å²) in [5.41, 5.74) is 1.67. The first-order valence-electron chi connectivity index (χ1n) is 5.93. The number of hydrogen-bond donors (Lipinski definition) is 0. The summed E-state index contributed by atoms with van der Waals surface area (Å²) in [7, 11) is 0. The Kier molecular flexibility index (Phi) is 3.77. The van der Waals surface area contributed by atoms with Crippen LogP contribution in [0.3, 0.4) is 0 Å². The fourth-order valence-electron chi connectivity index (χ4n) is 2.01. The van der Waals surface area contributed by atoms with Crippen LogP contribution in [0.4, 0.5) is 4.39 Å². The average molecular weight is 249 g/mol. The Morgan fingerprint density at radius 2 is 2.11 bits per heavy atom. The van der Waals surface area contributed by atoms with Crippen LogP contribution in [0.2, 0.25) is 0 Å². The SMILES string of the molecule is C=Cc1cc(C(=O)N2CCOCC2)c(F)cc1C. The van der Waals surface area contributed by atoms with Crippen LogP contribution in [0.15, 0.2) is 18.7 Å². The number of hydrogen-bond acceptors (Lipinski definition) is 2. The summed E-state index contributed by atoms with van der Waals surface area (Å²) in [6.07, 6.45) is 1.63. The highest BCUT2D eigenvalue weighted by Crippen LogP contribution is 2.18. The number of ether oxygens (including phenoxy) is 1.